The van der Waals surface area contributed by atoms with E-state index in [1.165, 1.54) is 5.56 Å². The second-order valence-electron chi connectivity index (χ2n) is 3.93. The molecule has 0 saturated heterocycles. The minimum absolute atomic E-state index is 0.673. The van der Waals surface area contributed by atoms with Crippen molar-refractivity contribution in [3.8, 4) is 0 Å². The van der Waals surface area contributed by atoms with Gasteiger partial charge >= 0.3 is 0 Å². The fraction of sp³-hybridized carbons (Fsp3) is 0.333. The Bertz CT molecular complexity index is 455. The van der Waals surface area contributed by atoms with Crippen molar-refractivity contribution in [1.82, 2.24) is 14.9 Å². The highest BCUT2D eigenvalue weighted by molar-refractivity contribution is 7.07. The van der Waals surface area contributed by atoms with Crippen LogP contribution in [-0.4, -0.2) is 29.0 Å². The quantitative estimate of drug-likeness (QED) is 0.881. The highest BCUT2D eigenvalue weighted by Gasteiger charge is 2.04. The van der Waals surface area contributed by atoms with Crippen molar-refractivity contribution in [2.24, 2.45) is 0 Å². The van der Waals surface area contributed by atoms with E-state index in [1.54, 1.807) is 17.5 Å². The van der Waals surface area contributed by atoms with Gasteiger partial charge in [-0.15, -0.1) is 0 Å². The molecule has 2 aromatic heterocycles. The third-order valence-electron chi connectivity index (χ3n) is 2.40. The standard InChI is InChI=1S/C12H16N4S/c1-13-12-14-5-3-11(15-12)8-16(2)7-10-4-6-17-9-10/h3-6,9H,7-8H2,1-2H3,(H,13,14,15). The van der Waals surface area contributed by atoms with Gasteiger partial charge in [-0.25, -0.2) is 9.97 Å². The Balaban J connectivity index is 1.95. The number of hydrogen-bond donors (Lipinski definition) is 1. The van der Waals surface area contributed by atoms with E-state index in [-0.39, 0.29) is 0 Å². The predicted octanol–water partition coefficient (Wildman–Crippen LogP) is 2.21. The van der Waals surface area contributed by atoms with E-state index in [9.17, 15) is 0 Å². The van der Waals surface area contributed by atoms with Gasteiger partial charge in [-0.2, -0.15) is 11.3 Å². The Hall–Kier alpha value is -1.46. The molecule has 4 nitrogen and oxygen atoms in total. The Morgan fingerprint density at radius 1 is 1.35 bits per heavy atom. The number of thiophene rings is 1. The Morgan fingerprint density at radius 3 is 2.94 bits per heavy atom. The van der Waals surface area contributed by atoms with Crippen molar-refractivity contribution in [2.75, 3.05) is 19.4 Å². The van der Waals surface area contributed by atoms with Crippen molar-refractivity contribution in [3.63, 3.8) is 0 Å². The lowest BCUT2D eigenvalue weighted by Gasteiger charge is -2.15. The Morgan fingerprint density at radius 2 is 2.24 bits per heavy atom. The summed E-state index contributed by atoms with van der Waals surface area (Å²) in [7, 11) is 3.92. The van der Waals surface area contributed by atoms with Gasteiger partial charge in [0.15, 0.2) is 0 Å². The normalized spacial score (nSPS) is 10.8. The second-order valence-corrected chi connectivity index (χ2v) is 4.71. The van der Waals surface area contributed by atoms with Gasteiger partial charge in [-0.3, -0.25) is 4.90 Å². The van der Waals surface area contributed by atoms with Crippen LogP contribution in [0.3, 0.4) is 0 Å². The van der Waals surface area contributed by atoms with E-state index in [0.29, 0.717) is 5.95 Å². The summed E-state index contributed by atoms with van der Waals surface area (Å²) in [6, 6.07) is 4.10. The highest BCUT2D eigenvalue weighted by Crippen LogP contribution is 2.10. The van der Waals surface area contributed by atoms with E-state index in [4.69, 9.17) is 0 Å². The van der Waals surface area contributed by atoms with Crippen LogP contribution in [0.4, 0.5) is 5.95 Å². The summed E-state index contributed by atoms with van der Waals surface area (Å²) in [6.45, 7) is 1.77. The largest absolute Gasteiger partial charge is 0.357 e. The van der Waals surface area contributed by atoms with Crippen molar-refractivity contribution >= 4 is 17.3 Å². The van der Waals surface area contributed by atoms with Gasteiger partial charge in [0.2, 0.25) is 5.95 Å². The van der Waals surface area contributed by atoms with Gasteiger partial charge in [0.1, 0.15) is 0 Å². The molecular formula is C12H16N4S. The van der Waals surface area contributed by atoms with E-state index >= 15 is 0 Å². The molecule has 5 heteroatoms. The average molecular weight is 248 g/mol. The zero-order valence-corrected chi connectivity index (χ0v) is 10.9. The van der Waals surface area contributed by atoms with E-state index in [2.05, 4.69) is 44.1 Å². The number of anilines is 1. The molecule has 0 aromatic carbocycles. The van der Waals surface area contributed by atoms with Crippen LogP contribution < -0.4 is 5.32 Å². The molecule has 0 aliphatic rings. The molecule has 2 aromatic rings. The van der Waals surface area contributed by atoms with Crippen molar-refractivity contribution in [3.05, 3.63) is 40.3 Å². The summed E-state index contributed by atoms with van der Waals surface area (Å²) in [4.78, 5) is 10.7. The van der Waals surface area contributed by atoms with Crippen LogP contribution in [0.2, 0.25) is 0 Å². The van der Waals surface area contributed by atoms with Crippen LogP contribution in [-0.2, 0) is 13.1 Å². The maximum atomic E-state index is 4.40. The lowest BCUT2D eigenvalue weighted by atomic mass is 10.3. The molecule has 0 aliphatic carbocycles. The van der Waals surface area contributed by atoms with Crippen LogP contribution in [0, 0.1) is 0 Å². The van der Waals surface area contributed by atoms with Gasteiger partial charge in [-0.05, 0) is 35.5 Å². The summed E-state index contributed by atoms with van der Waals surface area (Å²) in [6.07, 6.45) is 1.78. The lowest BCUT2D eigenvalue weighted by molar-refractivity contribution is 0.315. The first-order chi connectivity index (χ1) is 8.28. The van der Waals surface area contributed by atoms with Crippen molar-refractivity contribution in [1.29, 1.82) is 0 Å². The second kappa shape index (κ2) is 5.75. The molecule has 0 atom stereocenters. The van der Waals surface area contributed by atoms with Gasteiger partial charge in [-0.1, -0.05) is 0 Å². The summed E-state index contributed by atoms with van der Waals surface area (Å²) in [5.41, 5.74) is 2.38. The van der Waals surface area contributed by atoms with Crippen LogP contribution in [0.15, 0.2) is 29.1 Å². The van der Waals surface area contributed by atoms with Crippen LogP contribution in [0.1, 0.15) is 11.3 Å². The molecule has 1 N–H and O–H groups in total. The van der Waals surface area contributed by atoms with E-state index in [0.717, 1.165) is 18.8 Å². The molecule has 17 heavy (non-hydrogen) atoms. The molecule has 0 bridgehead atoms. The van der Waals surface area contributed by atoms with Crippen LogP contribution in [0.25, 0.3) is 0 Å². The highest BCUT2D eigenvalue weighted by atomic mass is 32.1. The summed E-state index contributed by atoms with van der Waals surface area (Å²) < 4.78 is 0. The fourth-order valence-electron chi connectivity index (χ4n) is 1.63. The number of rotatable bonds is 5. The number of nitrogens with one attached hydrogen (secondary N) is 1. The molecule has 2 heterocycles. The third-order valence-corrected chi connectivity index (χ3v) is 3.13. The van der Waals surface area contributed by atoms with E-state index in [1.807, 2.05) is 13.1 Å². The Labute approximate surface area is 105 Å². The molecule has 0 spiro atoms. The number of nitrogens with zero attached hydrogens (tertiary/aromatic N) is 3. The third kappa shape index (κ3) is 3.51. The molecule has 0 radical (unpaired) electrons. The monoisotopic (exact) mass is 248 g/mol. The topological polar surface area (TPSA) is 41.1 Å². The molecule has 0 aliphatic heterocycles. The smallest absolute Gasteiger partial charge is 0.222 e. The fourth-order valence-corrected chi connectivity index (χ4v) is 2.29. The van der Waals surface area contributed by atoms with Crippen molar-refractivity contribution < 1.29 is 0 Å². The van der Waals surface area contributed by atoms with Crippen molar-refractivity contribution in [2.45, 2.75) is 13.1 Å². The molecule has 90 valence electrons. The molecule has 0 fully saturated rings. The number of aromatic nitrogens is 2. The maximum Gasteiger partial charge on any atom is 0.222 e. The van der Waals surface area contributed by atoms with Gasteiger partial charge in [0, 0.05) is 26.3 Å². The maximum absolute atomic E-state index is 4.40. The summed E-state index contributed by atoms with van der Waals surface area (Å²) in [5.74, 6) is 0.673. The zero-order valence-electron chi connectivity index (χ0n) is 10.1. The average Bonchev–Trinajstić information content (AvgIpc) is 2.82. The zero-order chi connectivity index (χ0) is 12.1. The van der Waals surface area contributed by atoms with E-state index < -0.39 is 0 Å². The SMILES string of the molecule is CNc1nccc(CN(C)Cc2ccsc2)n1. The Kier molecular flexibility index (Phi) is 4.06. The lowest BCUT2D eigenvalue weighted by Crippen LogP contribution is -2.18. The predicted molar refractivity (Wildman–Crippen MR) is 71.1 cm³/mol. The number of hydrogen-bond acceptors (Lipinski definition) is 5. The summed E-state index contributed by atoms with van der Waals surface area (Å²) in [5, 5.41) is 7.23. The summed E-state index contributed by atoms with van der Waals surface area (Å²) >= 11 is 1.73. The molecule has 2 rings (SSSR count). The van der Waals surface area contributed by atoms with Crippen LogP contribution in [0.5, 0.6) is 0 Å². The first-order valence-electron chi connectivity index (χ1n) is 5.47. The minimum atomic E-state index is 0.673. The first-order valence-corrected chi connectivity index (χ1v) is 6.41. The molecular weight excluding hydrogens is 232 g/mol. The molecule has 0 amide bonds. The first kappa shape index (κ1) is 12.0. The van der Waals surface area contributed by atoms with Crippen LogP contribution >= 0.6 is 11.3 Å². The molecule has 0 unspecified atom stereocenters. The van der Waals surface area contributed by atoms with Gasteiger partial charge < -0.3 is 5.32 Å². The molecule has 0 saturated carbocycles. The van der Waals surface area contributed by atoms with Gasteiger partial charge in [0.25, 0.3) is 0 Å². The minimum Gasteiger partial charge on any atom is -0.357 e. The van der Waals surface area contributed by atoms with Gasteiger partial charge in [0.05, 0.1) is 5.69 Å².